The first kappa shape index (κ1) is 21.4. The third-order valence-electron chi connectivity index (χ3n) is 6.19. The second-order valence-electron chi connectivity index (χ2n) is 8.14. The third kappa shape index (κ3) is 4.04. The average molecular weight is 442 g/mol. The molecule has 2 aromatic carbocycles. The van der Waals surface area contributed by atoms with Gasteiger partial charge in [-0.15, -0.1) is 0 Å². The van der Waals surface area contributed by atoms with Crippen LogP contribution in [-0.2, 0) is 19.6 Å². The van der Waals surface area contributed by atoms with Crippen LogP contribution in [0.1, 0.15) is 24.0 Å². The highest BCUT2D eigenvalue weighted by Crippen LogP contribution is 2.30. The number of para-hydroxylation sites is 1. The lowest BCUT2D eigenvalue weighted by Gasteiger charge is -2.38. The fourth-order valence-corrected chi connectivity index (χ4v) is 5.89. The summed E-state index contributed by atoms with van der Waals surface area (Å²) in [7, 11) is -4.09. The Bertz CT molecular complexity index is 1090. The standard InChI is InChI=1S/C23H27N3O4S/c1-17-8-9-20(16-18(17)2)31(29,30)26-21(10-11-22(26)27)23(28)25-14-12-24(13-15-25)19-6-4-3-5-7-19/h3-9,16,21H,10-15H2,1-2H3/t21-/m1/s1. The van der Waals surface area contributed by atoms with Gasteiger partial charge in [0, 0.05) is 38.3 Å². The first-order valence-electron chi connectivity index (χ1n) is 10.5. The molecule has 0 radical (unpaired) electrons. The van der Waals surface area contributed by atoms with Gasteiger partial charge in [0.15, 0.2) is 0 Å². The van der Waals surface area contributed by atoms with E-state index in [2.05, 4.69) is 4.90 Å². The van der Waals surface area contributed by atoms with Crippen LogP contribution in [0, 0.1) is 13.8 Å². The highest BCUT2D eigenvalue weighted by molar-refractivity contribution is 7.89. The highest BCUT2D eigenvalue weighted by Gasteiger charge is 2.45. The summed E-state index contributed by atoms with van der Waals surface area (Å²) in [5.41, 5.74) is 2.90. The second kappa shape index (κ2) is 8.34. The number of rotatable bonds is 4. The minimum Gasteiger partial charge on any atom is -0.368 e. The molecule has 2 amide bonds. The topological polar surface area (TPSA) is 78.0 Å². The van der Waals surface area contributed by atoms with E-state index >= 15 is 0 Å². The van der Waals surface area contributed by atoms with Crippen molar-refractivity contribution in [2.24, 2.45) is 0 Å². The van der Waals surface area contributed by atoms with Gasteiger partial charge in [0.25, 0.3) is 10.0 Å². The van der Waals surface area contributed by atoms with Crippen LogP contribution >= 0.6 is 0 Å². The maximum absolute atomic E-state index is 13.3. The van der Waals surface area contributed by atoms with Gasteiger partial charge in [-0.1, -0.05) is 24.3 Å². The van der Waals surface area contributed by atoms with E-state index in [1.807, 2.05) is 44.2 Å². The van der Waals surface area contributed by atoms with Crippen LogP contribution in [0.2, 0.25) is 0 Å². The van der Waals surface area contributed by atoms with Crippen molar-refractivity contribution < 1.29 is 18.0 Å². The molecule has 31 heavy (non-hydrogen) atoms. The van der Waals surface area contributed by atoms with Gasteiger partial charge in [-0.25, -0.2) is 12.7 Å². The number of amides is 2. The molecule has 1 atom stereocenters. The van der Waals surface area contributed by atoms with Crippen LogP contribution in [0.5, 0.6) is 0 Å². The number of benzene rings is 2. The Hall–Kier alpha value is -2.87. The summed E-state index contributed by atoms with van der Waals surface area (Å²) in [6, 6.07) is 13.8. The summed E-state index contributed by atoms with van der Waals surface area (Å²) in [5, 5.41) is 0. The zero-order valence-electron chi connectivity index (χ0n) is 17.8. The molecular formula is C23H27N3O4S. The Balaban J connectivity index is 1.51. The van der Waals surface area contributed by atoms with Crippen LogP contribution in [0.4, 0.5) is 5.69 Å². The largest absolute Gasteiger partial charge is 0.368 e. The molecule has 2 aliphatic rings. The molecule has 2 heterocycles. The molecule has 0 spiro atoms. The van der Waals surface area contributed by atoms with Gasteiger partial charge in [-0.05, 0) is 55.7 Å². The normalized spacial score (nSPS) is 19.7. The predicted molar refractivity (Wildman–Crippen MR) is 118 cm³/mol. The molecule has 0 N–H and O–H groups in total. The number of sulfonamides is 1. The maximum atomic E-state index is 13.3. The lowest BCUT2D eigenvalue weighted by atomic mass is 10.1. The molecule has 164 valence electrons. The van der Waals surface area contributed by atoms with E-state index in [1.54, 1.807) is 17.0 Å². The Morgan fingerprint density at radius 2 is 1.61 bits per heavy atom. The summed E-state index contributed by atoms with van der Waals surface area (Å²) in [4.78, 5) is 29.7. The van der Waals surface area contributed by atoms with E-state index in [0.29, 0.717) is 26.2 Å². The van der Waals surface area contributed by atoms with E-state index in [1.165, 1.54) is 6.07 Å². The number of anilines is 1. The number of piperazine rings is 1. The van der Waals surface area contributed by atoms with Gasteiger partial charge >= 0.3 is 0 Å². The lowest BCUT2D eigenvalue weighted by Crippen LogP contribution is -2.55. The summed E-state index contributed by atoms with van der Waals surface area (Å²) < 4.78 is 27.4. The van der Waals surface area contributed by atoms with Crippen LogP contribution < -0.4 is 4.90 Å². The molecule has 0 aromatic heterocycles. The lowest BCUT2D eigenvalue weighted by molar-refractivity contribution is -0.138. The average Bonchev–Trinajstić information content (AvgIpc) is 3.18. The van der Waals surface area contributed by atoms with Crippen molar-refractivity contribution in [3.8, 4) is 0 Å². The van der Waals surface area contributed by atoms with Crippen molar-refractivity contribution in [3.63, 3.8) is 0 Å². The minimum atomic E-state index is -4.09. The zero-order chi connectivity index (χ0) is 22.2. The predicted octanol–water partition coefficient (Wildman–Crippen LogP) is 2.33. The first-order chi connectivity index (χ1) is 14.8. The van der Waals surface area contributed by atoms with Crippen molar-refractivity contribution in [1.82, 2.24) is 9.21 Å². The Kier molecular flexibility index (Phi) is 5.75. The number of aryl methyl sites for hydroxylation is 2. The summed E-state index contributed by atoms with van der Waals surface area (Å²) in [6.07, 6.45) is 0.283. The second-order valence-corrected chi connectivity index (χ2v) is 9.96. The van der Waals surface area contributed by atoms with Crippen molar-refractivity contribution >= 4 is 27.5 Å². The van der Waals surface area contributed by atoms with E-state index in [4.69, 9.17) is 0 Å². The molecular weight excluding hydrogens is 414 g/mol. The van der Waals surface area contributed by atoms with Gasteiger partial charge in [0.05, 0.1) is 4.90 Å². The van der Waals surface area contributed by atoms with E-state index in [-0.39, 0.29) is 23.6 Å². The van der Waals surface area contributed by atoms with Gasteiger partial charge in [0.1, 0.15) is 6.04 Å². The van der Waals surface area contributed by atoms with Crippen molar-refractivity contribution in [2.75, 3.05) is 31.1 Å². The van der Waals surface area contributed by atoms with Gasteiger partial charge < -0.3 is 9.80 Å². The Labute approximate surface area is 183 Å². The molecule has 2 aromatic rings. The molecule has 2 fully saturated rings. The smallest absolute Gasteiger partial charge is 0.267 e. The third-order valence-corrected chi connectivity index (χ3v) is 8.02. The molecule has 2 aliphatic heterocycles. The summed E-state index contributed by atoms with van der Waals surface area (Å²) in [6.45, 7) is 6.05. The van der Waals surface area contributed by atoms with Crippen LogP contribution in [-0.4, -0.2) is 61.7 Å². The number of hydrogen-bond donors (Lipinski definition) is 0. The van der Waals surface area contributed by atoms with E-state index < -0.39 is 22.0 Å². The maximum Gasteiger partial charge on any atom is 0.267 e. The fraction of sp³-hybridized carbons (Fsp3) is 0.391. The fourth-order valence-electron chi connectivity index (χ4n) is 4.21. The van der Waals surface area contributed by atoms with Crippen LogP contribution in [0.15, 0.2) is 53.4 Å². The molecule has 0 saturated carbocycles. The molecule has 2 saturated heterocycles. The van der Waals surface area contributed by atoms with Crippen LogP contribution in [0.25, 0.3) is 0 Å². The molecule has 0 unspecified atom stereocenters. The molecule has 0 bridgehead atoms. The Morgan fingerprint density at radius 1 is 0.935 bits per heavy atom. The van der Waals surface area contributed by atoms with E-state index in [9.17, 15) is 18.0 Å². The van der Waals surface area contributed by atoms with Crippen LogP contribution in [0.3, 0.4) is 0 Å². The first-order valence-corrected chi connectivity index (χ1v) is 12.0. The summed E-state index contributed by atoms with van der Waals surface area (Å²) in [5.74, 6) is -0.800. The quantitative estimate of drug-likeness (QED) is 0.728. The molecule has 0 aliphatic carbocycles. The van der Waals surface area contributed by atoms with Gasteiger partial charge in [0.2, 0.25) is 11.8 Å². The highest BCUT2D eigenvalue weighted by atomic mass is 32.2. The SMILES string of the molecule is Cc1ccc(S(=O)(=O)N2C(=O)CC[C@@H]2C(=O)N2CCN(c3ccccc3)CC2)cc1C. The van der Waals surface area contributed by atoms with E-state index in [0.717, 1.165) is 21.1 Å². The van der Waals surface area contributed by atoms with Crippen molar-refractivity contribution in [2.45, 2.75) is 37.6 Å². The molecule has 8 heteroatoms. The van der Waals surface area contributed by atoms with Gasteiger partial charge in [-0.2, -0.15) is 0 Å². The Morgan fingerprint density at radius 3 is 2.26 bits per heavy atom. The number of nitrogens with zero attached hydrogens (tertiary/aromatic N) is 3. The van der Waals surface area contributed by atoms with Crippen molar-refractivity contribution in [3.05, 3.63) is 59.7 Å². The van der Waals surface area contributed by atoms with Gasteiger partial charge in [-0.3, -0.25) is 9.59 Å². The number of carbonyl (C=O) groups excluding carboxylic acids is 2. The molecule has 4 rings (SSSR count). The zero-order valence-corrected chi connectivity index (χ0v) is 18.6. The van der Waals surface area contributed by atoms with Crippen molar-refractivity contribution in [1.29, 1.82) is 0 Å². The summed E-state index contributed by atoms with van der Waals surface area (Å²) >= 11 is 0. The monoisotopic (exact) mass is 441 g/mol. The number of carbonyl (C=O) groups is 2. The number of hydrogen-bond acceptors (Lipinski definition) is 5. The molecule has 7 nitrogen and oxygen atoms in total. The minimum absolute atomic E-state index is 0.0533.